The van der Waals surface area contributed by atoms with E-state index in [-0.39, 0.29) is 12.0 Å². The Morgan fingerprint density at radius 2 is 1.79 bits per heavy atom. The Kier molecular flexibility index (Phi) is 5.11. The highest BCUT2D eigenvalue weighted by Crippen LogP contribution is 2.27. The van der Waals surface area contributed by atoms with Crippen LogP contribution in [0.5, 0.6) is 0 Å². The molecule has 0 fully saturated rings. The topological polar surface area (TPSA) is 105 Å². The first-order valence-electron chi connectivity index (χ1n) is 5.62. The molecule has 0 aliphatic rings. The maximum atomic E-state index is 13.7. The fourth-order valence-corrected chi connectivity index (χ4v) is 1.68. The van der Waals surface area contributed by atoms with Crippen molar-refractivity contribution in [3.05, 3.63) is 35.6 Å². The van der Waals surface area contributed by atoms with Gasteiger partial charge in [0.15, 0.2) is 6.10 Å². The van der Waals surface area contributed by atoms with Gasteiger partial charge in [0.2, 0.25) is 0 Å². The molecule has 0 saturated carbocycles. The Bertz CT molecular complexity index is 467. The van der Waals surface area contributed by atoms with Crippen molar-refractivity contribution in [1.82, 2.24) is 0 Å². The molecule has 0 aliphatic carbocycles. The molecule has 0 radical (unpaired) electrons. The molecule has 6 nitrogen and oxygen atoms in total. The van der Waals surface area contributed by atoms with Crippen molar-refractivity contribution in [3.8, 4) is 0 Å². The Hall–Kier alpha value is -2.31. The van der Waals surface area contributed by atoms with Crippen LogP contribution in [0, 0.1) is 5.82 Å². The largest absolute Gasteiger partial charge is 0.442 e. The lowest BCUT2D eigenvalue weighted by Crippen LogP contribution is -2.32. The number of primary amides is 2. The number of nitrogens with two attached hydrogens (primary N) is 2. The van der Waals surface area contributed by atoms with E-state index in [1.807, 2.05) is 0 Å². The van der Waals surface area contributed by atoms with Crippen molar-refractivity contribution in [2.24, 2.45) is 11.5 Å². The molecule has 2 atom stereocenters. The second-order valence-corrected chi connectivity index (χ2v) is 3.76. The third-order valence-corrected chi connectivity index (χ3v) is 2.46. The van der Waals surface area contributed by atoms with E-state index in [0.717, 1.165) is 0 Å². The zero-order chi connectivity index (χ0) is 14.4. The van der Waals surface area contributed by atoms with E-state index in [0.29, 0.717) is 0 Å². The van der Waals surface area contributed by atoms with E-state index in [2.05, 4.69) is 0 Å². The molecule has 0 aliphatic heterocycles. The predicted molar refractivity (Wildman–Crippen MR) is 64.6 cm³/mol. The van der Waals surface area contributed by atoms with Gasteiger partial charge >= 0.3 is 12.2 Å². The first kappa shape index (κ1) is 14.7. The van der Waals surface area contributed by atoms with E-state index >= 15 is 0 Å². The normalized spacial score (nSPS) is 13.4. The highest BCUT2D eigenvalue weighted by atomic mass is 19.1. The van der Waals surface area contributed by atoms with Crippen LogP contribution in [-0.4, -0.2) is 18.3 Å². The van der Waals surface area contributed by atoms with Crippen LogP contribution in [0.4, 0.5) is 14.0 Å². The molecular formula is C12H15FN2O4. The molecule has 7 heteroatoms. The smallest absolute Gasteiger partial charge is 0.405 e. The molecule has 19 heavy (non-hydrogen) atoms. The fourth-order valence-electron chi connectivity index (χ4n) is 1.68. The number of benzene rings is 1. The molecule has 4 N–H and O–H groups in total. The quantitative estimate of drug-likeness (QED) is 0.851. The molecular weight excluding hydrogens is 255 g/mol. The van der Waals surface area contributed by atoms with Crippen molar-refractivity contribution in [3.63, 3.8) is 0 Å². The summed E-state index contributed by atoms with van der Waals surface area (Å²) in [7, 11) is 0. The summed E-state index contributed by atoms with van der Waals surface area (Å²) in [5.41, 5.74) is 9.94. The van der Waals surface area contributed by atoms with Crippen LogP contribution in [0.3, 0.4) is 0 Å². The summed E-state index contributed by atoms with van der Waals surface area (Å²) < 4.78 is 23.4. The molecule has 0 saturated heterocycles. The van der Waals surface area contributed by atoms with Crippen LogP contribution in [0.2, 0.25) is 0 Å². The minimum Gasteiger partial charge on any atom is -0.442 e. The zero-order valence-corrected chi connectivity index (χ0v) is 10.3. The summed E-state index contributed by atoms with van der Waals surface area (Å²) >= 11 is 0. The van der Waals surface area contributed by atoms with Gasteiger partial charge in [-0.3, -0.25) is 0 Å². The Balaban J connectivity index is 3.09. The average molecular weight is 270 g/mol. The maximum Gasteiger partial charge on any atom is 0.405 e. The van der Waals surface area contributed by atoms with Gasteiger partial charge in [0, 0.05) is 5.56 Å². The van der Waals surface area contributed by atoms with Crippen molar-refractivity contribution in [2.75, 3.05) is 0 Å². The number of hydrogen-bond donors (Lipinski definition) is 2. The van der Waals surface area contributed by atoms with Crippen molar-refractivity contribution >= 4 is 12.2 Å². The summed E-state index contributed by atoms with van der Waals surface area (Å²) in [6.07, 6.45) is -3.92. The first-order chi connectivity index (χ1) is 8.95. The van der Waals surface area contributed by atoms with Gasteiger partial charge in [-0.25, -0.2) is 14.0 Å². The van der Waals surface area contributed by atoms with Gasteiger partial charge in [0.25, 0.3) is 0 Å². The molecule has 0 bridgehead atoms. The molecule has 1 aromatic carbocycles. The van der Waals surface area contributed by atoms with E-state index in [1.54, 1.807) is 13.0 Å². The maximum absolute atomic E-state index is 13.7. The second-order valence-electron chi connectivity index (χ2n) is 3.76. The second kappa shape index (κ2) is 6.58. The Morgan fingerprint density at radius 1 is 1.21 bits per heavy atom. The minimum atomic E-state index is -1.14. The van der Waals surface area contributed by atoms with E-state index in [1.165, 1.54) is 18.2 Å². The van der Waals surface area contributed by atoms with Gasteiger partial charge < -0.3 is 20.9 Å². The lowest BCUT2D eigenvalue weighted by molar-refractivity contribution is -0.00806. The molecule has 0 spiro atoms. The summed E-state index contributed by atoms with van der Waals surface area (Å²) in [5, 5.41) is 0. The number of rotatable bonds is 5. The number of carbonyl (C=O) groups excluding carboxylic acids is 2. The van der Waals surface area contributed by atoms with E-state index < -0.39 is 30.2 Å². The van der Waals surface area contributed by atoms with Gasteiger partial charge in [0.1, 0.15) is 11.9 Å². The molecule has 0 aromatic heterocycles. The number of hydrogen-bond acceptors (Lipinski definition) is 4. The van der Waals surface area contributed by atoms with Crippen LogP contribution < -0.4 is 11.5 Å². The van der Waals surface area contributed by atoms with Crippen LogP contribution in [0.25, 0.3) is 0 Å². The monoisotopic (exact) mass is 270 g/mol. The summed E-state index contributed by atoms with van der Waals surface area (Å²) in [4.78, 5) is 21.7. The molecule has 2 amide bonds. The number of amides is 2. The van der Waals surface area contributed by atoms with Crippen molar-refractivity contribution < 1.29 is 23.5 Å². The first-order valence-corrected chi connectivity index (χ1v) is 5.62. The Labute approximate surface area is 109 Å². The fraction of sp³-hybridized carbons (Fsp3) is 0.333. The van der Waals surface area contributed by atoms with Gasteiger partial charge in [-0.05, 0) is 12.5 Å². The van der Waals surface area contributed by atoms with Gasteiger partial charge in [0.05, 0.1) is 0 Å². The van der Waals surface area contributed by atoms with Crippen molar-refractivity contribution in [2.45, 2.75) is 25.6 Å². The van der Waals surface area contributed by atoms with Crippen LogP contribution in [-0.2, 0) is 9.47 Å². The molecule has 1 aromatic rings. The Morgan fingerprint density at radius 3 is 2.26 bits per heavy atom. The van der Waals surface area contributed by atoms with Gasteiger partial charge in [-0.1, -0.05) is 25.1 Å². The van der Waals surface area contributed by atoms with Crippen LogP contribution in [0.15, 0.2) is 24.3 Å². The summed E-state index contributed by atoms with van der Waals surface area (Å²) in [6.45, 7) is 1.67. The standard InChI is InChI=1S/C12H15FN2O4/c1-2-9(18-11(14)16)10(19-12(15)17)7-5-3-4-6-8(7)13/h3-6,9-10H,2H2,1H3,(H2,14,16)(H2,15,17)/t9-,10-/m0/s1. The number of ether oxygens (including phenoxy) is 2. The molecule has 104 valence electrons. The van der Waals surface area contributed by atoms with Gasteiger partial charge in [-0.15, -0.1) is 0 Å². The third-order valence-electron chi connectivity index (χ3n) is 2.46. The predicted octanol–water partition coefficient (Wildman–Crippen LogP) is 1.84. The SMILES string of the molecule is CC[C@H](OC(N)=O)[C@@H](OC(N)=O)c1ccccc1F. The molecule has 0 heterocycles. The highest BCUT2D eigenvalue weighted by Gasteiger charge is 2.30. The summed E-state index contributed by atoms with van der Waals surface area (Å²) in [5.74, 6) is -0.597. The minimum absolute atomic E-state index is 0.0643. The zero-order valence-electron chi connectivity index (χ0n) is 10.3. The highest BCUT2D eigenvalue weighted by molar-refractivity contribution is 5.66. The lowest BCUT2D eigenvalue weighted by Gasteiger charge is -2.25. The lowest BCUT2D eigenvalue weighted by atomic mass is 10.0. The van der Waals surface area contributed by atoms with Crippen molar-refractivity contribution in [1.29, 1.82) is 0 Å². The van der Waals surface area contributed by atoms with Gasteiger partial charge in [-0.2, -0.15) is 0 Å². The number of carbonyl (C=O) groups is 2. The average Bonchev–Trinajstić information content (AvgIpc) is 2.34. The van der Waals surface area contributed by atoms with Crippen LogP contribution >= 0.6 is 0 Å². The number of halogens is 1. The van der Waals surface area contributed by atoms with E-state index in [4.69, 9.17) is 20.9 Å². The molecule has 1 rings (SSSR count). The third kappa shape index (κ3) is 4.13. The summed E-state index contributed by atoms with van der Waals surface area (Å²) in [6, 6.07) is 5.66. The van der Waals surface area contributed by atoms with Crippen LogP contribution in [0.1, 0.15) is 25.0 Å². The molecule has 0 unspecified atom stereocenters. The van der Waals surface area contributed by atoms with E-state index in [9.17, 15) is 14.0 Å².